The van der Waals surface area contributed by atoms with Gasteiger partial charge < -0.3 is 5.73 Å². The number of aryl methyl sites for hydroxylation is 1. The Bertz CT molecular complexity index is 726. The number of benzene rings is 1. The zero-order valence-electron chi connectivity index (χ0n) is 14.0. The van der Waals surface area contributed by atoms with Crippen LogP contribution < -0.4 is 5.73 Å². The van der Waals surface area contributed by atoms with Crippen molar-refractivity contribution in [3.8, 4) is 0 Å². The fourth-order valence-electron chi connectivity index (χ4n) is 2.80. The van der Waals surface area contributed by atoms with Gasteiger partial charge in [-0.15, -0.1) is 0 Å². The summed E-state index contributed by atoms with van der Waals surface area (Å²) in [5, 5.41) is 0.551. The van der Waals surface area contributed by atoms with Crippen molar-refractivity contribution < 1.29 is 10.3 Å². The van der Waals surface area contributed by atoms with E-state index in [4.69, 9.17) is 22.8 Å². The highest BCUT2D eigenvalue weighted by molar-refractivity contribution is 6.30. The van der Waals surface area contributed by atoms with Gasteiger partial charge in [-0.1, -0.05) is 11.6 Å². The molecule has 0 radical (unpaired) electrons. The summed E-state index contributed by atoms with van der Waals surface area (Å²) < 4.78 is 32.3. The molecule has 2 aliphatic rings. The summed E-state index contributed by atoms with van der Waals surface area (Å²) in [6.45, 7) is 1.91. The van der Waals surface area contributed by atoms with E-state index in [9.17, 15) is 4.79 Å². The van der Waals surface area contributed by atoms with E-state index >= 15 is 0 Å². The third kappa shape index (κ3) is 1.67. The average molecular weight is 266 g/mol. The van der Waals surface area contributed by atoms with E-state index in [-0.39, 0.29) is 6.42 Å². The lowest BCUT2D eigenvalue weighted by Gasteiger charge is -2.22. The zero-order valence-corrected chi connectivity index (χ0v) is 10.8. The summed E-state index contributed by atoms with van der Waals surface area (Å²) in [6.07, 6.45) is -4.14. The Labute approximate surface area is 117 Å². The molecular weight excluding hydrogens is 246 g/mol. The van der Waals surface area contributed by atoms with Gasteiger partial charge in [-0.05, 0) is 72.5 Å². The van der Waals surface area contributed by atoms with Gasteiger partial charge in [0.25, 0.3) is 0 Å². The lowest BCUT2D eigenvalue weighted by atomic mass is 9.82. The molecule has 18 heavy (non-hydrogen) atoms. The number of fused-ring (bicyclic) bond motifs is 2. The molecule has 1 amide bonds. The Morgan fingerprint density at radius 2 is 2.33 bits per heavy atom. The van der Waals surface area contributed by atoms with Gasteiger partial charge in [0.2, 0.25) is 5.91 Å². The largest absolute Gasteiger partial charge is 0.369 e. The quantitative estimate of drug-likeness (QED) is 0.832. The molecule has 0 aliphatic heterocycles. The van der Waals surface area contributed by atoms with Crippen molar-refractivity contribution in [1.29, 1.82) is 0 Å². The van der Waals surface area contributed by atoms with E-state index < -0.39 is 24.6 Å². The summed E-state index contributed by atoms with van der Waals surface area (Å²) in [4.78, 5) is 11.9. The van der Waals surface area contributed by atoms with Gasteiger partial charge in [0.1, 0.15) is 0 Å². The molecule has 0 saturated carbocycles. The average Bonchev–Trinajstić information content (AvgIpc) is 2.67. The van der Waals surface area contributed by atoms with Crippen molar-refractivity contribution in [2.75, 3.05) is 0 Å². The first-order chi connectivity index (χ1) is 10.1. The maximum Gasteiger partial charge on any atom is 0.224 e. The lowest BCUT2D eigenvalue weighted by Crippen LogP contribution is -2.27. The van der Waals surface area contributed by atoms with Gasteiger partial charge in [0.05, 0.1) is 5.92 Å². The third-order valence-corrected chi connectivity index (χ3v) is 3.88. The molecular formula is C15H16ClNO. The van der Waals surface area contributed by atoms with Crippen LogP contribution in [0.4, 0.5) is 0 Å². The number of amides is 1. The normalized spacial score (nSPS) is 30.7. The molecule has 2 aliphatic carbocycles. The maximum absolute atomic E-state index is 11.9. The summed E-state index contributed by atoms with van der Waals surface area (Å²) in [5.74, 6) is -2.07. The second kappa shape index (κ2) is 4.13. The molecule has 0 saturated heterocycles. The number of rotatable bonds is 1. The SMILES string of the molecule is [2H]C1([2H])CC2=C(Cc3c(C)cc(Cl)cc32)C(C(N)=O)C1([2H])[2H]. The van der Waals surface area contributed by atoms with E-state index in [0.29, 0.717) is 22.6 Å². The van der Waals surface area contributed by atoms with Gasteiger partial charge in [0.15, 0.2) is 0 Å². The van der Waals surface area contributed by atoms with Crippen molar-refractivity contribution in [1.82, 2.24) is 0 Å². The van der Waals surface area contributed by atoms with Crippen molar-refractivity contribution in [3.63, 3.8) is 0 Å². The second-order valence-electron chi connectivity index (χ2n) is 4.76. The summed E-state index contributed by atoms with van der Waals surface area (Å²) in [7, 11) is 0. The highest BCUT2D eigenvalue weighted by atomic mass is 35.5. The molecule has 1 unspecified atom stereocenters. The Morgan fingerprint density at radius 1 is 1.56 bits per heavy atom. The van der Waals surface area contributed by atoms with Crippen LogP contribution in [-0.2, 0) is 11.2 Å². The molecule has 1 atom stereocenters. The van der Waals surface area contributed by atoms with Crippen LogP contribution in [0, 0.1) is 12.8 Å². The first-order valence-electron chi connectivity index (χ1n) is 7.87. The summed E-state index contributed by atoms with van der Waals surface area (Å²) >= 11 is 6.10. The van der Waals surface area contributed by atoms with Crippen LogP contribution in [0.15, 0.2) is 17.7 Å². The predicted octanol–water partition coefficient (Wildman–Crippen LogP) is 3.24. The lowest BCUT2D eigenvalue weighted by molar-refractivity contribution is -0.121. The number of nitrogens with two attached hydrogens (primary N) is 1. The molecule has 0 heterocycles. The minimum absolute atomic E-state index is 0.0775. The van der Waals surface area contributed by atoms with E-state index in [0.717, 1.165) is 16.7 Å². The molecule has 0 bridgehead atoms. The molecule has 2 nitrogen and oxygen atoms in total. The van der Waals surface area contributed by atoms with Crippen LogP contribution in [0.3, 0.4) is 0 Å². The molecule has 0 fully saturated rings. The smallest absolute Gasteiger partial charge is 0.224 e. The van der Waals surface area contributed by atoms with E-state index in [2.05, 4.69) is 0 Å². The van der Waals surface area contributed by atoms with Gasteiger partial charge in [0, 0.05) is 10.5 Å². The Morgan fingerprint density at radius 3 is 3.06 bits per heavy atom. The molecule has 1 aromatic carbocycles. The highest BCUT2D eigenvalue weighted by Gasteiger charge is 2.33. The molecule has 94 valence electrons. The van der Waals surface area contributed by atoms with Gasteiger partial charge >= 0.3 is 0 Å². The number of carbonyl (C=O) groups excluding carboxylic acids is 1. The zero-order chi connectivity index (χ0) is 16.4. The fourth-order valence-corrected chi connectivity index (χ4v) is 3.08. The standard InChI is InChI=1S/C15H16ClNO/c1-8-5-9(16)6-13-10-3-2-4-11(15(17)18)14(10)7-12(8)13/h5-6,11H,2-4,7H2,1H3,(H2,17,18)/i2D2,4D2. The van der Waals surface area contributed by atoms with Crippen LogP contribution >= 0.6 is 11.6 Å². The second-order valence-corrected chi connectivity index (χ2v) is 5.20. The Hall–Kier alpha value is -1.28. The summed E-state index contributed by atoms with van der Waals surface area (Å²) in [5.41, 5.74) is 9.47. The first-order valence-corrected chi connectivity index (χ1v) is 6.24. The molecule has 3 rings (SSSR count). The predicted molar refractivity (Wildman–Crippen MR) is 73.3 cm³/mol. The number of halogens is 1. The van der Waals surface area contributed by atoms with Crippen LogP contribution in [0.5, 0.6) is 0 Å². The van der Waals surface area contributed by atoms with E-state index in [1.165, 1.54) is 0 Å². The van der Waals surface area contributed by atoms with Crippen LogP contribution in [0.2, 0.25) is 5.02 Å². The highest BCUT2D eigenvalue weighted by Crippen LogP contribution is 2.45. The van der Waals surface area contributed by atoms with Gasteiger partial charge in [-0.3, -0.25) is 4.79 Å². The third-order valence-electron chi connectivity index (χ3n) is 3.66. The Kier molecular flexibility index (Phi) is 1.84. The van der Waals surface area contributed by atoms with Gasteiger partial charge in [-0.25, -0.2) is 0 Å². The summed E-state index contributed by atoms with van der Waals surface area (Å²) in [6, 6.07) is 3.59. The number of hydrogen-bond donors (Lipinski definition) is 1. The topological polar surface area (TPSA) is 43.1 Å². The van der Waals surface area contributed by atoms with Crippen LogP contribution in [0.25, 0.3) is 5.57 Å². The molecule has 1 aromatic rings. The molecule has 3 heteroatoms. The number of carbonyl (C=O) groups is 1. The van der Waals surface area contributed by atoms with E-state index in [1.807, 2.05) is 13.0 Å². The maximum atomic E-state index is 11.9. The molecule has 0 spiro atoms. The van der Waals surface area contributed by atoms with Crippen LogP contribution in [0.1, 0.15) is 41.3 Å². The van der Waals surface area contributed by atoms with Crippen molar-refractivity contribution in [2.24, 2.45) is 11.7 Å². The Balaban J connectivity index is 2.24. The van der Waals surface area contributed by atoms with Crippen molar-refractivity contribution in [3.05, 3.63) is 39.4 Å². The first kappa shape index (κ1) is 8.00. The number of allylic oxidation sites excluding steroid dienone is 1. The number of hydrogen-bond acceptors (Lipinski definition) is 1. The molecule has 0 aromatic heterocycles. The fraction of sp³-hybridized carbons (Fsp3) is 0.400. The van der Waals surface area contributed by atoms with Gasteiger partial charge in [-0.2, -0.15) is 0 Å². The monoisotopic (exact) mass is 265 g/mol. The van der Waals surface area contributed by atoms with Crippen molar-refractivity contribution in [2.45, 2.75) is 32.5 Å². The minimum Gasteiger partial charge on any atom is -0.369 e. The van der Waals surface area contributed by atoms with Crippen LogP contribution in [-0.4, -0.2) is 5.91 Å². The molecule has 2 N–H and O–H groups in total. The number of primary amides is 1. The van der Waals surface area contributed by atoms with E-state index in [1.54, 1.807) is 6.07 Å². The van der Waals surface area contributed by atoms with Crippen molar-refractivity contribution >= 4 is 23.1 Å². The minimum atomic E-state index is -2.32.